The number of aliphatic carboxylic acids is 1. The van der Waals surface area contributed by atoms with Gasteiger partial charge in [0, 0.05) is 0 Å². The molecule has 0 fully saturated rings. The summed E-state index contributed by atoms with van der Waals surface area (Å²) in [5, 5.41) is 8.18. The summed E-state index contributed by atoms with van der Waals surface area (Å²) in [5.74, 6) is -0.621. The van der Waals surface area contributed by atoms with Crippen molar-refractivity contribution in [3.05, 3.63) is 0 Å². The van der Waals surface area contributed by atoms with Crippen molar-refractivity contribution in [2.75, 3.05) is 0 Å². The third kappa shape index (κ3) is 5.97. The Labute approximate surface area is 86.1 Å². The Bertz CT molecular complexity index is 148. The molecule has 0 aromatic carbocycles. The maximum absolute atomic E-state index is 10.6. The Morgan fingerprint density at radius 3 is 2.46 bits per heavy atom. The summed E-state index contributed by atoms with van der Waals surface area (Å²) in [4.78, 5) is 10.6. The Morgan fingerprint density at radius 1 is 1.38 bits per heavy atom. The average Bonchev–Trinajstić information content (AvgIpc) is 2.10. The highest BCUT2D eigenvalue weighted by Crippen LogP contribution is 2.17. The van der Waals surface area contributed by atoms with E-state index in [9.17, 15) is 4.79 Å². The molecular formula is C10H20O2S. The first kappa shape index (κ1) is 12.8. The molecule has 3 heteroatoms. The minimum absolute atomic E-state index is 0.178. The van der Waals surface area contributed by atoms with Gasteiger partial charge in [-0.15, -0.1) is 0 Å². The third-order valence-electron chi connectivity index (χ3n) is 2.31. The lowest BCUT2D eigenvalue weighted by molar-refractivity contribution is -0.137. The molecule has 2 unspecified atom stereocenters. The van der Waals surface area contributed by atoms with Gasteiger partial charge in [-0.05, 0) is 12.3 Å². The number of carboxylic acid groups (broad SMARTS) is 1. The second-order valence-electron chi connectivity index (χ2n) is 3.61. The lowest BCUT2D eigenvalue weighted by Gasteiger charge is -2.14. The maximum Gasteiger partial charge on any atom is 0.316 e. The summed E-state index contributed by atoms with van der Waals surface area (Å²) in [6.07, 6.45) is 5.77. The molecule has 13 heavy (non-hydrogen) atoms. The van der Waals surface area contributed by atoms with Crippen molar-refractivity contribution >= 4 is 18.6 Å². The summed E-state index contributed by atoms with van der Waals surface area (Å²) in [7, 11) is 0. The molecule has 0 amide bonds. The predicted molar refractivity (Wildman–Crippen MR) is 58.3 cm³/mol. The molecule has 0 saturated carbocycles. The molecule has 0 aliphatic carbocycles. The Hall–Kier alpha value is -0.180. The first-order valence-corrected chi connectivity index (χ1v) is 5.52. The number of hydrogen-bond donors (Lipinski definition) is 2. The number of rotatable bonds is 7. The molecule has 0 bridgehead atoms. The summed E-state index contributed by atoms with van der Waals surface area (Å²) in [6.45, 7) is 4.12. The Morgan fingerprint density at radius 2 is 2.00 bits per heavy atom. The van der Waals surface area contributed by atoms with Crippen LogP contribution in [0.25, 0.3) is 0 Å². The zero-order chi connectivity index (χ0) is 10.3. The molecule has 0 saturated heterocycles. The lowest BCUT2D eigenvalue weighted by Crippen LogP contribution is -2.21. The van der Waals surface area contributed by atoms with Gasteiger partial charge in [0.25, 0.3) is 0 Å². The fraction of sp³-hybridized carbons (Fsp3) is 0.900. The monoisotopic (exact) mass is 204 g/mol. The van der Waals surface area contributed by atoms with Gasteiger partial charge in [-0.2, -0.15) is 12.6 Å². The molecule has 2 atom stereocenters. The van der Waals surface area contributed by atoms with Crippen molar-refractivity contribution < 1.29 is 9.90 Å². The van der Waals surface area contributed by atoms with Crippen molar-refractivity contribution in [2.45, 2.75) is 51.2 Å². The highest BCUT2D eigenvalue weighted by atomic mass is 32.1. The van der Waals surface area contributed by atoms with Crippen LogP contribution in [-0.2, 0) is 4.79 Å². The third-order valence-corrected chi connectivity index (χ3v) is 3.03. The van der Waals surface area contributed by atoms with E-state index >= 15 is 0 Å². The molecule has 2 nitrogen and oxygen atoms in total. The van der Waals surface area contributed by atoms with E-state index in [0.29, 0.717) is 0 Å². The van der Waals surface area contributed by atoms with Crippen LogP contribution in [-0.4, -0.2) is 16.3 Å². The van der Waals surface area contributed by atoms with Gasteiger partial charge < -0.3 is 5.11 Å². The second kappa shape index (κ2) is 7.25. The van der Waals surface area contributed by atoms with Crippen LogP contribution in [0.15, 0.2) is 0 Å². The SMILES string of the molecule is CCCCCCC(C)C(S)C(=O)O. The molecule has 0 aromatic rings. The number of thiol groups is 1. The largest absolute Gasteiger partial charge is 0.480 e. The van der Waals surface area contributed by atoms with E-state index < -0.39 is 11.2 Å². The molecule has 0 aliphatic rings. The van der Waals surface area contributed by atoms with Gasteiger partial charge in [-0.1, -0.05) is 39.5 Å². The summed E-state index contributed by atoms with van der Waals surface area (Å²) < 4.78 is 0. The van der Waals surface area contributed by atoms with Gasteiger partial charge in [0.05, 0.1) is 0 Å². The van der Waals surface area contributed by atoms with E-state index in [0.717, 1.165) is 12.8 Å². The zero-order valence-corrected chi connectivity index (χ0v) is 9.39. The van der Waals surface area contributed by atoms with Crippen LogP contribution in [0.4, 0.5) is 0 Å². The first-order chi connectivity index (χ1) is 6.09. The first-order valence-electron chi connectivity index (χ1n) is 5.00. The predicted octanol–water partition coefficient (Wildman–Crippen LogP) is 2.98. The van der Waals surface area contributed by atoms with E-state index in [1.807, 2.05) is 6.92 Å². The van der Waals surface area contributed by atoms with Gasteiger partial charge in [0.15, 0.2) is 0 Å². The van der Waals surface area contributed by atoms with Crippen LogP contribution in [0.1, 0.15) is 46.0 Å². The van der Waals surface area contributed by atoms with Crippen LogP contribution in [0.2, 0.25) is 0 Å². The average molecular weight is 204 g/mol. The number of hydrogen-bond acceptors (Lipinski definition) is 2. The molecule has 0 aromatic heterocycles. The topological polar surface area (TPSA) is 37.3 Å². The van der Waals surface area contributed by atoms with E-state index in [1.54, 1.807) is 0 Å². The van der Waals surface area contributed by atoms with Gasteiger partial charge >= 0.3 is 5.97 Å². The smallest absolute Gasteiger partial charge is 0.316 e. The molecule has 0 heterocycles. The number of carbonyl (C=O) groups is 1. The highest BCUT2D eigenvalue weighted by molar-refractivity contribution is 7.81. The lowest BCUT2D eigenvalue weighted by atomic mass is 9.99. The van der Waals surface area contributed by atoms with E-state index in [-0.39, 0.29) is 5.92 Å². The minimum atomic E-state index is -0.800. The Balaban J connectivity index is 3.50. The van der Waals surface area contributed by atoms with Gasteiger partial charge in [-0.25, -0.2) is 0 Å². The van der Waals surface area contributed by atoms with Crippen LogP contribution in [0, 0.1) is 5.92 Å². The summed E-state index contributed by atoms with van der Waals surface area (Å²) >= 11 is 4.05. The van der Waals surface area contributed by atoms with E-state index in [2.05, 4.69) is 19.6 Å². The van der Waals surface area contributed by atoms with Crippen molar-refractivity contribution in [1.29, 1.82) is 0 Å². The highest BCUT2D eigenvalue weighted by Gasteiger charge is 2.19. The molecule has 0 spiro atoms. The van der Waals surface area contributed by atoms with Crippen LogP contribution in [0.3, 0.4) is 0 Å². The molecular weight excluding hydrogens is 184 g/mol. The van der Waals surface area contributed by atoms with Crippen LogP contribution < -0.4 is 0 Å². The summed E-state index contributed by atoms with van der Waals surface area (Å²) in [6, 6.07) is 0. The summed E-state index contributed by atoms with van der Waals surface area (Å²) in [5.41, 5.74) is 0. The van der Waals surface area contributed by atoms with Crippen LogP contribution in [0.5, 0.6) is 0 Å². The molecule has 1 N–H and O–H groups in total. The minimum Gasteiger partial charge on any atom is -0.480 e. The van der Waals surface area contributed by atoms with Gasteiger partial charge in [0.2, 0.25) is 0 Å². The molecule has 78 valence electrons. The van der Waals surface area contributed by atoms with Gasteiger partial charge in [0.1, 0.15) is 5.25 Å². The van der Waals surface area contributed by atoms with Gasteiger partial charge in [-0.3, -0.25) is 4.79 Å². The quantitative estimate of drug-likeness (QED) is 0.494. The fourth-order valence-corrected chi connectivity index (χ4v) is 1.44. The van der Waals surface area contributed by atoms with Crippen molar-refractivity contribution in [3.63, 3.8) is 0 Å². The van der Waals surface area contributed by atoms with Crippen molar-refractivity contribution in [1.82, 2.24) is 0 Å². The number of unbranched alkanes of at least 4 members (excludes halogenated alkanes) is 3. The van der Waals surface area contributed by atoms with E-state index in [4.69, 9.17) is 5.11 Å². The zero-order valence-electron chi connectivity index (χ0n) is 8.49. The van der Waals surface area contributed by atoms with Crippen LogP contribution >= 0.6 is 12.6 Å². The Kier molecular flexibility index (Phi) is 7.14. The standard InChI is InChI=1S/C10H20O2S/c1-3-4-5-6-7-8(2)9(13)10(11)12/h8-9,13H,3-7H2,1-2H3,(H,11,12). The fourth-order valence-electron chi connectivity index (χ4n) is 1.29. The molecule has 0 aliphatic heterocycles. The van der Waals surface area contributed by atoms with Crippen molar-refractivity contribution in [2.24, 2.45) is 5.92 Å². The van der Waals surface area contributed by atoms with E-state index in [1.165, 1.54) is 19.3 Å². The molecule has 0 radical (unpaired) electrons. The molecule has 0 rings (SSSR count). The second-order valence-corrected chi connectivity index (χ2v) is 4.17. The number of carboxylic acids is 1. The normalized spacial score (nSPS) is 15.3. The maximum atomic E-state index is 10.6. The van der Waals surface area contributed by atoms with Crippen molar-refractivity contribution in [3.8, 4) is 0 Å².